The van der Waals surface area contributed by atoms with Crippen molar-refractivity contribution in [3.8, 4) is 5.75 Å². The fraction of sp³-hybridized carbons (Fsp3) is 0.500. The molecule has 1 aromatic rings. The molecule has 1 aliphatic heterocycles. The van der Waals surface area contributed by atoms with Gasteiger partial charge in [-0.3, -0.25) is 4.79 Å². The van der Waals surface area contributed by atoms with Gasteiger partial charge >= 0.3 is 0 Å². The van der Waals surface area contributed by atoms with E-state index in [0.29, 0.717) is 18.7 Å². The van der Waals surface area contributed by atoms with Gasteiger partial charge in [0, 0.05) is 24.7 Å². The lowest BCUT2D eigenvalue weighted by Crippen LogP contribution is -2.44. The molecular formula is C14H20N2O2. The Morgan fingerprint density at radius 1 is 1.56 bits per heavy atom. The number of ether oxygens (including phenoxy) is 1. The maximum absolute atomic E-state index is 11.7. The number of amides is 1. The van der Waals surface area contributed by atoms with Crippen molar-refractivity contribution in [1.29, 1.82) is 0 Å². The zero-order valence-electron chi connectivity index (χ0n) is 10.8. The predicted octanol–water partition coefficient (Wildman–Crippen LogP) is 2.05. The number of carbonyl (C=O) groups is 1. The summed E-state index contributed by atoms with van der Waals surface area (Å²) < 4.78 is 5.89. The first-order valence-electron chi connectivity index (χ1n) is 6.49. The highest BCUT2D eigenvalue weighted by Gasteiger charge is 2.23. The van der Waals surface area contributed by atoms with E-state index < -0.39 is 0 Å². The first kappa shape index (κ1) is 12.7. The molecule has 1 amide bonds. The highest BCUT2D eigenvalue weighted by Crippen LogP contribution is 2.20. The van der Waals surface area contributed by atoms with Crippen molar-refractivity contribution in [3.63, 3.8) is 0 Å². The van der Waals surface area contributed by atoms with Gasteiger partial charge in [0.25, 0.3) is 0 Å². The minimum Gasteiger partial charge on any atom is -0.489 e. The number of rotatable bonds is 3. The van der Waals surface area contributed by atoms with Gasteiger partial charge in [0.15, 0.2) is 0 Å². The van der Waals surface area contributed by atoms with E-state index in [9.17, 15) is 4.79 Å². The van der Waals surface area contributed by atoms with Crippen molar-refractivity contribution in [2.75, 3.05) is 18.8 Å². The van der Waals surface area contributed by atoms with E-state index in [1.165, 1.54) is 0 Å². The third-order valence-electron chi connectivity index (χ3n) is 3.19. The summed E-state index contributed by atoms with van der Waals surface area (Å²) >= 11 is 0. The molecule has 0 spiro atoms. The SMILES string of the molecule is CCC(=O)N1CCCC(Oc2cccc(N)c2)C1. The summed E-state index contributed by atoms with van der Waals surface area (Å²) in [6.07, 6.45) is 2.63. The zero-order valence-corrected chi connectivity index (χ0v) is 10.8. The molecule has 1 aliphatic rings. The molecule has 1 unspecified atom stereocenters. The molecule has 4 nitrogen and oxygen atoms in total. The molecule has 1 fully saturated rings. The molecule has 0 radical (unpaired) electrons. The summed E-state index contributed by atoms with van der Waals surface area (Å²) in [5, 5.41) is 0. The Hall–Kier alpha value is -1.71. The van der Waals surface area contributed by atoms with E-state index in [1.54, 1.807) is 0 Å². The minimum absolute atomic E-state index is 0.0797. The molecule has 1 aromatic carbocycles. The first-order chi connectivity index (χ1) is 8.69. The largest absolute Gasteiger partial charge is 0.489 e. The summed E-state index contributed by atoms with van der Waals surface area (Å²) in [7, 11) is 0. The Morgan fingerprint density at radius 3 is 3.11 bits per heavy atom. The number of carbonyl (C=O) groups excluding carboxylic acids is 1. The molecule has 1 atom stereocenters. The highest BCUT2D eigenvalue weighted by atomic mass is 16.5. The van der Waals surface area contributed by atoms with E-state index in [2.05, 4.69) is 0 Å². The van der Waals surface area contributed by atoms with Gasteiger partial charge in [0.2, 0.25) is 5.91 Å². The molecular weight excluding hydrogens is 228 g/mol. The van der Waals surface area contributed by atoms with Crippen LogP contribution in [0, 0.1) is 0 Å². The predicted molar refractivity (Wildman–Crippen MR) is 71.4 cm³/mol. The number of hydrogen-bond donors (Lipinski definition) is 1. The van der Waals surface area contributed by atoms with Crippen molar-refractivity contribution in [3.05, 3.63) is 24.3 Å². The second-order valence-electron chi connectivity index (χ2n) is 4.65. The molecule has 4 heteroatoms. The summed E-state index contributed by atoms with van der Waals surface area (Å²) in [6.45, 7) is 3.43. The van der Waals surface area contributed by atoms with Gasteiger partial charge in [-0.1, -0.05) is 13.0 Å². The Labute approximate surface area is 108 Å². The van der Waals surface area contributed by atoms with E-state index in [-0.39, 0.29) is 12.0 Å². The topological polar surface area (TPSA) is 55.6 Å². The van der Waals surface area contributed by atoms with Gasteiger partial charge in [-0.25, -0.2) is 0 Å². The van der Waals surface area contributed by atoms with Crippen LogP contribution in [0.2, 0.25) is 0 Å². The number of nitrogen functional groups attached to an aromatic ring is 1. The van der Waals surface area contributed by atoms with Crippen LogP contribution in [-0.2, 0) is 4.79 Å². The molecule has 0 aromatic heterocycles. The first-order valence-corrected chi connectivity index (χ1v) is 6.49. The zero-order chi connectivity index (χ0) is 13.0. The van der Waals surface area contributed by atoms with Crippen molar-refractivity contribution >= 4 is 11.6 Å². The van der Waals surface area contributed by atoms with Crippen LogP contribution >= 0.6 is 0 Å². The highest BCUT2D eigenvalue weighted by molar-refractivity contribution is 5.75. The van der Waals surface area contributed by atoms with Crippen LogP contribution in [0.25, 0.3) is 0 Å². The second kappa shape index (κ2) is 5.76. The summed E-state index contributed by atoms with van der Waals surface area (Å²) in [6, 6.07) is 7.43. The van der Waals surface area contributed by atoms with Crippen LogP contribution in [0.3, 0.4) is 0 Å². The fourth-order valence-electron chi connectivity index (χ4n) is 2.26. The lowest BCUT2D eigenvalue weighted by molar-refractivity contribution is -0.133. The Morgan fingerprint density at radius 2 is 2.39 bits per heavy atom. The van der Waals surface area contributed by atoms with Crippen molar-refractivity contribution in [2.45, 2.75) is 32.3 Å². The third-order valence-corrected chi connectivity index (χ3v) is 3.19. The molecule has 98 valence electrons. The van der Waals surface area contributed by atoms with E-state index in [4.69, 9.17) is 10.5 Å². The monoisotopic (exact) mass is 248 g/mol. The Balaban J connectivity index is 1.95. The maximum Gasteiger partial charge on any atom is 0.222 e. The average Bonchev–Trinajstić information content (AvgIpc) is 2.38. The van der Waals surface area contributed by atoms with E-state index in [1.807, 2.05) is 36.1 Å². The third kappa shape index (κ3) is 3.15. The molecule has 1 heterocycles. The fourth-order valence-corrected chi connectivity index (χ4v) is 2.26. The van der Waals surface area contributed by atoms with Gasteiger partial charge in [-0.15, -0.1) is 0 Å². The van der Waals surface area contributed by atoms with Crippen LogP contribution in [0.1, 0.15) is 26.2 Å². The summed E-state index contributed by atoms with van der Waals surface area (Å²) in [5.74, 6) is 0.988. The van der Waals surface area contributed by atoms with Crippen LogP contribution < -0.4 is 10.5 Å². The molecule has 1 saturated heterocycles. The van der Waals surface area contributed by atoms with Crippen LogP contribution in [0.15, 0.2) is 24.3 Å². The number of benzene rings is 1. The van der Waals surface area contributed by atoms with Crippen LogP contribution in [0.4, 0.5) is 5.69 Å². The minimum atomic E-state index is 0.0797. The number of nitrogens with zero attached hydrogens (tertiary/aromatic N) is 1. The smallest absolute Gasteiger partial charge is 0.222 e. The molecule has 2 rings (SSSR count). The molecule has 2 N–H and O–H groups in total. The van der Waals surface area contributed by atoms with Gasteiger partial charge in [0.1, 0.15) is 11.9 Å². The number of nitrogens with two attached hydrogens (primary N) is 1. The quantitative estimate of drug-likeness (QED) is 0.833. The van der Waals surface area contributed by atoms with E-state index in [0.717, 1.165) is 25.1 Å². The number of piperidine rings is 1. The maximum atomic E-state index is 11.7. The van der Waals surface area contributed by atoms with Crippen molar-refractivity contribution in [2.24, 2.45) is 0 Å². The lowest BCUT2D eigenvalue weighted by Gasteiger charge is -2.32. The van der Waals surface area contributed by atoms with Crippen LogP contribution in [-0.4, -0.2) is 30.0 Å². The lowest BCUT2D eigenvalue weighted by atomic mass is 10.1. The van der Waals surface area contributed by atoms with Crippen LogP contribution in [0.5, 0.6) is 5.75 Å². The molecule has 0 aliphatic carbocycles. The number of likely N-dealkylation sites (tertiary alicyclic amines) is 1. The van der Waals surface area contributed by atoms with Gasteiger partial charge in [-0.05, 0) is 25.0 Å². The second-order valence-corrected chi connectivity index (χ2v) is 4.65. The Kier molecular flexibility index (Phi) is 4.07. The summed E-state index contributed by atoms with van der Waals surface area (Å²) in [4.78, 5) is 13.6. The average molecular weight is 248 g/mol. The van der Waals surface area contributed by atoms with E-state index >= 15 is 0 Å². The summed E-state index contributed by atoms with van der Waals surface area (Å²) in [5.41, 5.74) is 6.42. The number of anilines is 1. The van der Waals surface area contributed by atoms with Gasteiger partial charge in [-0.2, -0.15) is 0 Å². The molecule has 18 heavy (non-hydrogen) atoms. The molecule has 0 bridgehead atoms. The Bertz CT molecular complexity index is 420. The number of hydrogen-bond acceptors (Lipinski definition) is 3. The van der Waals surface area contributed by atoms with Crippen molar-refractivity contribution in [1.82, 2.24) is 4.90 Å². The standard InChI is InChI=1S/C14H20N2O2/c1-2-14(17)16-8-4-7-13(10-16)18-12-6-3-5-11(15)9-12/h3,5-6,9,13H,2,4,7-8,10,15H2,1H3. The van der Waals surface area contributed by atoms with Crippen molar-refractivity contribution < 1.29 is 9.53 Å². The van der Waals surface area contributed by atoms with Gasteiger partial charge < -0.3 is 15.4 Å². The van der Waals surface area contributed by atoms with Gasteiger partial charge in [0.05, 0.1) is 6.54 Å². The normalized spacial score (nSPS) is 19.6. The molecule has 0 saturated carbocycles.